The van der Waals surface area contributed by atoms with Crippen molar-refractivity contribution in [2.45, 2.75) is 25.1 Å². The third-order valence-corrected chi connectivity index (χ3v) is 2.57. The van der Waals surface area contributed by atoms with Crippen LogP contribution in [0.25, 0.3) is 0 Å². The van der Waals surface area contributed by atoms with Crippen LogP contribution in [0.4, 0.5) is 13.2 Å². The van der Waals surface area contributed by atoms with E-state index in [4.69, 9.17) is 15.2 Å². The zero-order valence-corrected chi connectivity index (χ0v) is 8.96. The molecule has 2 N–H and O–H groups in total. The van der Waals surface area contributed by atoms with E-state index in [1.165, 1.54) is 0 Å². The molecular weight excluding hydrogens is 235 g/mol. The van der Waals surface area contributed by atoms with E-state index in [0.29, 0.717) is 17.1 Å². The van der Waals surface area contributed by atoms with Crippen LogP contribution in [-0.2, 0) is 0 Å². The van der Waals surface area contributed by atoms with Crippen LogP contribution in [0.15, 0.2) is 18.2 Å². The smallest absolute Gasteiger partial charge is 0.389 e. The van der Waals surface area contributed by atoms with Crippen molar-refractivity contribution in [1.29, 1.82) is 0 Å². The molecule has 3 nitrogen and oxygen atoms in total. The molecule has 0 amide bonds. The van der Waals surface area contributed by atoms with Gasteiger partial charge in [-0.3, -0.25) is 0 Å². The van der Waals surface area contributed by atoms with Crippen molar-refractivity contribution in [2.75, 3.05) is 6.79 Å². The largest absolute Gasteiger partial charge is 0.454 e. The fraction of sp³-hybridized carbons (Fsp3) is 0.455. The highest BCUT2D eigenvalue weighted by molar-refractivity contribution is 5.49. The van der Waals surface area contributed by atoms with E-state index in [0.717, 1.165) is 0 Å². The maximum atomic E-state index is 12.1. The van der Waals surface area contributed by atoms with Crippen molar-refractivity contribution < 1.29 is 22.6 Å². The highest BCUT2D eigenvalue weighted by Gasteiger charge is 2.29. The molecule has 0 radical (unpaired) electrons. The number of ether oxygens (including phenoxy) is 2. The second-order valence-electron chi connectivity index (χ2n) is 3.84. The Morgan fingerprint density at radius 1 is 1.29 bits per heavy atom. The number of hydrogen-bond donors (Lipinski definition) is 1. The molecule has 0 unspecified atom stereocenters. The van der Waals surface area contributed by atoms with Crippen LogP contribution in [0.2, 0.25) is 0 Å². The van der Waals surface area contributed by atoms with E-state index in [-0.39, 0.29) is 13.2 Å². The topological polar surface area (TPSA) is 44.5 Å². The third kappa shape index (κ3) is 2.82. The van der Waals surface area contributed by atoms with Gasteiger partial charge in [-0.1, -0.05) is 12.1 Å². The molecule has 17 heavy (non-hydrogen) atoms. The van der Waals surface area contributed by atoms with Crippen molar-refractivity contribution in [2.24, 2.45) is 5.73 Å². The molecule has 94 valence electrons. The number of halogens is 3. The molecule has 6 heteroatoms. The number of para-hydroxylation sites is 1. The molecule has 1 aliphatic heterocycles. The molecular formula is C11H12F3NO2. The normalized spacial score (nSPS) is 16.0. The van der Waals surface area contributed by atoms with Gasteiger partial charge in [0, 0.05) is 18.0 Å². The van der Waals surface area contributed by atoms with Gasteiger partial charge in [0.1, 0.15) is 0 Å². The van der Waals surface area contributed by atoms with Gasteiger partial charge < -0.3 is 15.2 Å². The molecule has 0 aliphatic carbocycles. The lowest BCUT2D eigenvalue weighted by Crippen LogP contribution is -2.16. The van der Waals surface area contributed by atoms with Gasteiger partial charge in [0.2, 0.25) is 6.79 Å². The minimum atomic E-state index is -4.19. The summed E-state index contributed by atoms with van der Waals surface area (Å²) >= 11 is 0. The monoisotopic (exact) mass is 247 g/mol. The fourth-order valence-electron chi connectivity index (χ4n) is 1.72. The Morgan fingerprint density at radius 3 is 2.76 bits per heavy atom. The molecule has 1 aromatic carbocycles. The second-order valence-corrected chi connectivity index (χ2v) is 3.84. The average Bonchev–Trinajstić information content (AvgIpc) is 2.72. The van der Waals surface area contributed by atoms with Crippen LogP contribution in [-0.4, -0.2) is 13.0 Å². The van der Waals surface area contributed by atoms with Gasteiger partial charge in [-0.05, 0) is 12.5 Å². The van der Waals surface area contributed by atoms with Gasteiger partial charge in [-0.2, -0.15) is 13.2 Å². The Kier molecular flexibility index (Phi) is 3.15. The maximum absolute atomic E-state index is 12.1. The summed E-state index contributed by atoms with van der Waals surface area (Å²) in [6.45, 7) is 0.0817. The SMILES string of the molecule is N[C@H](CCC(F)(F)F)c1cccc2c1OCO2. The Hall–Kier alpha value is -1.43. The predicted molar refractivity (Wildman–Crippen MR) is 54.8 cm³/mol. The van der Waals surface area contributed by atoms with Gasteiger partial charge >= 0.3 is 6.18 Å². The molecule has 1 atom stereocenters. The van der Waals surface area contributed by atoms with E-state index in [1.807, 2.05) is 0 Å². The summed E-state index contributed by atoms with van der Waals surface area (Å²) in [6.07, 6.45) is -5.26. The van der Waals surface area contributed by atoms with Crippen LogP contribution < -0.4 is 15.2 Å². The second kappa shape index (κ2) is 4.44. The van der Waals surface area contributed by atoms with E-state index < -0.39 is 18.6 Å². The molecule has 0 fully saturated rings. The van der Waals surface area contributed by atoms with Gasteiger partial charge in [-0.25, -0.2) is 0 Å². The Morgan fingerprint density at radius 2 is 2.06 bits per heavy atom. The van der Waals surface area contributed by atoms with Crippen LogP contribution in [0.1, 0.15) is 24.4 Å². The standard InChI is InChI=1S/C11H12F3NO2/c12-11(13,14)5-4-8(15)7-2-1-3-9-10(7)17-6-16-9/h1-3,8H,4-6,15H2/t8-/m1/s1. The molecule has 0 spiro atoms. The first-order valence-electron chi connectivity index (χ1n) is 5.18. The van der Waals surface area contributed by atoms with E-state index in [1.54, 1.807) is 18.2 Å². The molecule has 2 rings (SSSR count). The van der Waals surface area contributed by atoms with Crippen LogP contribution in [0.3, 0.4) is 0 Å². The van der Waals surface area contributed by atoms with Gasteiger partial charge in [0.25, 0.3) is 0 Å². The highest BCUT2D eigenvalue weighted by atomic mass is 19.4. The first-order valence-corrected chi connectivity index (χ1v) is 5.18. The summed E-state index contributed by atoms with van der Waals surface area (Å²) in [5.74, 6) is 0.993. The lowest BCUT2D eigenvalue weighted by atomic mass is 10.0. The van der Waals surface area contributed by atoms with E-state index in [9.17, 15) is 13.2 Å². The average molecular weight is 247 g/mol. The first kappa shape index (κ1) is 12.0. The molecule has 0 aromatic heterocycles. The minimum Gasteiger partial charge on any atom is -0.454 e. The molecule has 0 saturated heterocycles. The predicted octanol–water partition coefficient (Wildman–Crippen LogP) is 2.76. The molecule has 1 aromatic rings. The summed E-state index contributed by atoms with van der Waals surface area (Å²) in [4.78, 5) is 0. The molecule has 0 saturated carbocycles. The number of fused-ring (bicyclic) bond motifs is 1. The van der Waals surface area contributed by atoms with Crippen molar-refractivity contribution in [3.05, 3.63) is 23.8 Å². The number of benzene rings is 1. The Balaban J connectivity index is 2.10. The highest BCUT2D eigenvalue weighted by Crippen LogP contribution is 2.39. The van der Waals surface area contributed by atoms with Crippen molar-refractivity contribution in [3.63, 3.8) is 0 Å². The Bertz CT molecular complexity index is 406. The first-order chi connectivity index (χ1) is 7.97. The molecule has 1 aliphatic rings. The van der Waals surface area contributed by atoms with E-state index >= 15 is 0 Å². The number of alkyl halides is 3. The van der Waals surface area contributed by atoms with Crippen LogP contribution >= 0.6 is 0 Å². The summed E-state index contributed by atoms with van der Waals surface area (Å²) in [5, 5.41) is 0. The van der Waals surface area contributed by atoms with Crippen LogP contribution in [0.5, 0.6) is 11.5 Å². The molecule has 1 heterocycles. The zero-order valence-electron chi connectivity index (χ0n) is 8.96. The number of nitrogens with two attached hydrogens (primary N) is 1. The lowest BCUT2D eigenvalue weighted by molar-refractivity contribution is -0.136. The fourth-order valence-corrected chi connectivity index (χ4v) is 1.72. The van der Waals surface area contributed by atoms with Crippen molar-refractivity contribution in [1.82, 2.24) is 0 Å². The third-order valence-electron chi connectivity index (χ3n) is 2.57. The molecule has 0 bridgehead atoms. The quantitative estimate of drug-likeness (QED) is 0.893. The lowest BCUT2D eigenvalue weighted by Gasteiger charge is -2.15. The van der Waals surface area contributed by atoms with Crippen molar-refractivity contribution in [3.8, 4) is 11.5 Å². The minimum absolute atomic E-state index is 0.0817. The number of hydrogen-bond acceptors (Lipinski definition) is 3. The van der Waals surface area contributed by atoms with E-state index in [2.05, 4.69) is 0 Å². The van der Waals surface area contributed by atoms with Gasteiger partial charge in [0.15, 0.2) is 11.5 Å². The summed E-state index contributed by atoms with van der Waals surface area (Å²) < 4.78 is 46.6. The number of rotatable bonds is 3. The van der Waals surface area contributed by atoms with Crippen molar-refractivity contribution >= 4 is 0 Å². The maximum Gasteiger partial charge on any atom is 0.389 e. The Labute approximate surface area is 96.3 Å². The zero-order chi connectivity index (χ0) is 12.5. The van der Waals surface area contributed by atoms with Crippen LogP contribution in [0, 0.1) is 0 Å². The summed E-state index contributed by atoms with van der Waals surface area (Å²) in [7, 11) is 0. The summed E-state index contributed by atoms with van der Waals surface area (Å²) in [6, 6.07) is 4.35. The summed E-state index contributed by atoms with van der Waals surface area (Å²) in [5.41, 5.74) is 6.30. The van der Waals surface area contributed by atoms with Gasteiger partial charge in [-0.15, -0.1) is 0 Å². The van der Waals surface area contributed by atoms with Gasteiger partial charge in [0.05, 0.1) is 0 Å².